The van der Waals surface area contributed by atoms with Crippen LogP contribution in [-0.2, 0) is 11.3 Å². The first-order valence-electron chi connectivity index (χ1n) is 6.79. The van der Waals surface area contributed by atoms with Crippen LogP contribution in [-0.4, -0.2) is 41.5 Å². The molecule has 0 unspecified atom stereocenters. The number of carbonyl (C=O) groups is 1. The zero-order valence-corrected chi connectivity index (χ0v) is 11.1. The van der Waals surface area contributed by atoms with Crippen LogP contribution in [0.15, 0.2) is 18.3 Å². The van der Waals surface area contributed by atoms with E-state index in [1.165, 1.54) is 0 Å². The van der Waals surface area contributed by atoms with Crippen LogP contribution in [0.4, 0.5) is 0 Å². The predicted molar refractivity (Wildman–Crippen MR) is 70.8 cm³/mol. The topological polar surface area (TPSA) is 54.5 Å². The fraction of sp³-hybridized carbons (Fsp3) is 0.571. The van der Waals surface area contributed by atoms with Gasteiger partial charge in [-0.2, -0.15) is 0 Å². The lowest BCUT2D eigenvalue weighted by Gasteiger charge is -2.32. The summed E-state index contributed by atoms with van der Waals surface area (Å²) >= 11 is 0. The lowest BCUT2D eigenvalue weighted by molar-refractivity contribution is -0.124. The number of nitrogens with zero attached hydrogens (tertiary/aromatic N) is 2. The largest absolute Gasteiger partial charge is 0.481 e. The van der Waals surface area contributed by atoms with E-state index in [2.05, 4.69) is 21.3 Å². The summed E-state index contributed by atoms with van der Waals surface area (Å²) in [7, 11) is 1.65. The molecule has 5 nitrogen and oxygen atoms in total. The van der Waals surface area contributed by atoms with E-state index in [9.17, 15) is 4.79 Å². The van der Waals surface area contributed by atoms with Gasteiger partial charge < -0.3 is 10.1 Å². The minimum absolute atomic E-state index is 0.196. The van der Waals surface area contributed by atoms with Crippen molar-refractivity contribution in [2.75, 3.05) is 13.7 Å². The Kier molecular flexibility index (Phi) is 3.38. The third kappa shape index (κ3) is 2.42. The molecule has 2 aliphatic rings. The molecule has 1 aromatic rings. The highest BCUT2D eigenvalue weighted by molar-refractivity contribution is 5.77. The number of ether oxygens (including phenoxy) is 1. The van der Waals surface area contributed by atoms with Gasteiger partial charge in [0.25, 0.3) is 0 Å². The third-order valence-corrected chi connectivity index (χ3v) is 4.09. The molecule has 1 N–H and O–H groups in total. The second-order valence-corrected chi connectivity index (χ2v) is 5.21. The molecule has 2 fully saturated rings. The van der Waals surface area contributed by atoms with Crippen LogP contribution in [0.5, 0.6) is 5.88 Å². The van der Waals surface area contributed by atoms with Gasteiger partial charge in [0.15, 0.2) is 0 Å². The van der Waals surface area contributed by atoms with Gasteiger partial charge >= 0.3 is 0 Å². The highest BCUT2D eigenvalue weighted by Gasteiger charge is 2.38. The number of aromatic nitrogens is 1. The minimum Gasteiger partial charge on any atom is -0.481 e. The van der Waals surface area contributed by atoms with E-state index in [-0.39, 0.29) is 5.91 Å². The second-order valence-electron chi connectivity index (χ2n) is 5.21. The molecule has 2 saturated heterocycles. The smallest absolute Gasteiger partial charge is 0.220 e. The summed E-state index contributed by atoms with van der Waals surface area (Å²) in [6.45, 7) is 1.86. The number of fused-ring (bicyclic) bond motifs is 1. The maximum absolute atomic E-state index is 11.4. The number of amides is 1. The van der Waals surface area contributed by atoms with Gasteiger partial charge in [-0.1, -0.05) is 6.07 Å². The fourth-order valence-electron chi connectivity index (χ4n) is 3.17. The molecule has 0 bridgehead atoms. The first-order chi connectivity index (χ1) is 9.28. The van der Waals surface area contributed by atoms with Gasteiger partial charge in [-0.3, -0.25) is 9.69 Å². The molecule has 2 aliphatic heterocycles. The molecule has 0 aromatic carbocycles. The van der Waals surface area contributed by atoms with Crippen molar-refractivity contribution in [1.82, 2.24) is 15.2 Å². The van der Waals surface area contributed by atoms with Crippen LogP contribution < -0.4 is 10.1 Å². The molecule has 3 rings (SSSR count). The molecule has 1 aromatic heterocycles. The van der Waals surface area contributed by atoms with Gasteiger partial charge in [-0.25, -0.2) is 4.98 Å². The number of nitrogens with one attached hydrogen (secondary N) is 1. The zero-order chi connectivity index (χ0) is 13.2. The van der Waals surface area contributed by atoms with E-state index in [1.807, 2.05) is 6.07 Å². The van der Waals surface area contributed by atoms with Gasteiger partial charge in [0.2, 0.25) is 11.8 Å². The number of carbonyl (C=O) groups excluding carboxylic acids is 1. The molecular weight excluding hydrogens is 242 g/mol. The highest BCUT2D eigenvalue weighted by atomic mass is 16.5. The number of likely N-dealkylation sites (tertiary alicyclic amines) is 1. The van der Waals surface area contributed by atoms with Gasteiger partial charge in [0, 0.05) is 43.4 Å². The van der Waals surface area contributed by atoms with Crippen LogP contribution in [0.25, 0.3) is 0 Å². The monoisotopic (exact) mass is 261 g/mol. The molecule has 2 atom stereocenters. The average molecular weight is 261 g/mol. The number of rotatable bonds is 3. The summed E-state index contributed by atoms with van der Waals surface area (Å²) in [5, 5.41) is 3.10. The molecule has 102 valence electrons. The van der Waals surface area contributed by atoms with Crippen molar-refractivity contribution in [3.63, 3.8) is 0 Å². The van der Waals surface area contributed by atoms with Crippen molar-refractivity contribution in [1.29, 1.82) is 0 Å². The number of pyridine rings is 1. The molecule has 0 aliphatic carbocycles. The fourth-order valence-corrected chi connectivity index (χ4v) is 3.17. The van der Waals surface area contributed by atoms with Crippen molar-refractivity contribution in [2.24, 2.45) is 0 Å². The maximum Gasteiger partial charge on any atom is 0.220 e. The number of hydrogen-bond acceptors (Lipinski definition) is 4. The van der Waals surface area contributed by atoms with E-state index in [0.717, 1.165) is 31.5 Å². The lowest BCUT2D eigenvalue weighted by atomic mass is 9.99. The lowest BCUT2D eigenvalue weighted by Crippen LogP contribution is -2.49. The molecule has 1 amide bonds. The normalized spacial score (nSPS) is 26.9. The Labute approximate surface area is 113 Å². The Morgan fingerprint density at radius 2 is 2.42 bits per heavy atom. The van der Waals surface area contributed by atoms with E-state index in [4.69, 9.17) is 4.74 Å². The molecule has 0 radical (unpaired) electrons. The molecule has 0 saturated carbocycles. The molecule has 5 heteroatoms. The zero-order valence-electron chi connectivity index (χ0n) is 11.1. The van der Waals surface area contributed by atoms with Gasteiger partial charge in [0.1, 0.15) is 0 Å². The van der Waals surface area contributed by atoms with Crippen molar-refractivity contribution < 1.29 is 9.53 Å². The van der Waals surface area contributed by atoms with E-state index in [1.54, 1.807) is 13.3 Å². The van der Waals surface area contributed by atoms with Gasteiger partial charge in [-0.15, -0.1) is 0 Å². The van der Waals surface area contributed by atoms with Crippen LogP contribution in [0.1, 0.15) is 24.8 Å². The number of piperidine rings is 1. The average Bonchev–Trinajstić information content (AvgIpc) is 2.82. The summed E-state index contributed by atoms with van der Waals surface area (Å²) in [5.41, 5.74) is 1.11. The predicted octanol–water partition coefficient (Wildman–Crippen LogP) is 0.943. The van der Waals surface area contributed by atoms with Crippen molar-refractivity contribution in [2.45, 2.75) is 37.9 Å². The van der Waals surface area contributed by atoms with E-state index >= 15 is 0 Å². The highest BCUT2D eigenvalue weighted by Crippen LogP contribution is 2.28. The first-order valence-corrected chi connectivity index (χ1v) is 6.79. The Balaban J connectivity index is 1.72. The minimum atomic E-state index is 0.196. The first kappa shape index (κ1) is 12.4. The summed E-state index contributed by atoms with van der Waals surface area (Å²) in [5.74, 6) is 0.896. The molecular formula is C14H19N3O2. The Morgan fingerprint density at radius 1 is 1.53 bits per heavy atom. The second kappa shape index (κ2) is 5.17. The van der Waals surface area contributed by atoms with Crippen LogP contribution in [0, 0.1) is 0 Å². The van der Waals surface area contributed by atoms with Crippen LogP contribution in [0.3, 0.4) is 0 Å². The standard InChI is InChI=1S/C14H19N3O2/c1-19-14-10(3-2-7-15-14)9-17-8-6-11-12(17)4-5-13(18)16-11/h2-3,7,11-12H,4-6,8-9H2,1H3,(H,16,18)/t11-,12-/m0/s1. The van der Waals surface area contributed by atoms with E-state index in [0.29, 0.717) is 24.4 Å². The van der Waals surface area contributed by atoms with Crippen molar-refractivity contribution in [3.8, 4) is 5.88 Å². The Bertz CT molecular complexity index is 478. The Morgan fingerprint density at radius 3 is 3.26 bits per heavy atom. The quantitative estimate of drug-likeness (QED) is 0.880. The number of hydrogen-bond donors (Lipinski definition) is 1. The summed E-state index contributed by atoms with van der Waals surface area (Å²) < 4.78 is 5.30. The molecule has 3 heterocycles. The molecule has 0 spiro atoms. The van der Waals surface area contributed by atoms with Crippen molar-refractivity contribution in [3.05, 3.63) is 23.9 Å². The SMILES string of the molecule is COc1ncccc1CN1CC[C@@H]2NC(=O)CC[C@@H]21. The Hall–Kier alpha value is -1.62. The van der Waals surface area contributed by atoms with Gasteiger partial charge in [-0.05, 0) is 18.9 Å². The summed E-state index contributed by atoms with van der Waals surface area (Å²) in [6.07, 6.45) is 4.38. The maximum atomic E-state index is 11.4. The number of methoxy groups -OCH3 is 1. The molecule has 19 heavy (non-hydrogen) atoms. The summed E-state index contributed by atoms with van der Waals surface area (Å²) in [6, 6.07) is 4.78. The van der Waals surface area contributed by atoms with Crippen molar-refractivity contribution >= 4 is 5.91 Å². The van der Waals surface area contributed by atoms with Crippen LogP contribution >= 0.6 is 0 Å². The van der Waals surface area contributed by atoms with E-state index < -0.39 is 0 Å². The third-order valence-electron chi connectivity index (χ3n) is 4.09. The van der Waals surface area contributed by atoms with Gasteiger partial charge in [0.05, 0.1) is 7.11 Å². The van der Waals surface area contributed by atoms with Crippen LogP contribution in [0.2, 0.25) is 0 Å². The summed E-state index contributed by atoms with van der Waals surface area (Å²) in [4.78, 5) is 18.1.